The highest BCUT2D eigenvalue weighted by Crippen LogP contribution is 2.15. The Morgan fingerprint density at radius 2 is 2.06 bits per heavy atom. The number of carbonyl (C=O) groups excluding carboxylic acids is 1. The van der Waals surface area contributed by atoms with Crippen LogP contribution in [0.3, 0.4) is 0 Å². The second-order valence-corrected chi connectivity index (χ2v) is 3.90. The van der Waals surface area contributed by atoms with Gasteiger partial charge in [0, 0.05) is 13.5 Å². The van der Waals surface area contributed by atoms with Crippen molar-refractivity contribution in [3.63, 3.8) is 0 Å². The number of hydrogen-bond acceptors (Lipinski definition) is 3. The third-order valence-corrected chi connectivity index (χ3v) is 2.67. The molecule has 0 aliphatic heterocycles. The molecule has 88 valence electrons. The van der Waals surface area contributed by atoms with Crippen molar-refractivity contribution in [3.8, 4) is 0 Å². The fourth-order valence-corrected chi connectivity index (χ4v) is 1.56. The summed E-state index contributed by atoms with van der Waals surface area (Å²) in [6, 6.07) is 6.18. The molecule has 0 bridgehead atoms. The maximum Gasteiger partial charge on any atom is 0.322 e. The molecule has 0 N–H and O–H groups in total. The largest absolute Gasteiger partial charge is 0.368 e. The van der Waals surface area contributed by atoms with Crippen LogP contribution in [0.15, 0.2) is 18.2 Å². The minimum Gasteiger partial charge on any atom is -0.368 e. The first-order chi connectivity index (χ1) is 7.54. The van der Waals surface area contributed by atoms with E-state index >= 15 is 0 Å². The summed E-state index contributed by atoms with van der Waals surface area (Å²) in [6.45, 7) is 8.89. The molecule has 1 aromatic rings. The van der Waals surface area contributed by atoms with Gasteiger partial charge in [0.2, 0.25) is 0 Å². The molecule has 1 aromatic carbocycles. The summed E-state index contributed by atoms with van der Waals surface area (Å²) in [6.07, 6.45) is 0. The van der Waals surface area contributed by atoms with Gasteiger partial charge in [0.05, 0.1) is 6.54 Å². The molecule has 3 nitrogen and oxygen atoms in total. The van der Waals surface area contributed by atoms with E-state index in [4.69, 9.17) is 4.84 Å². The van der Waals surface area contributed by atoms with Gasteiger partial charge in [0.25, 0.3) is 0 Å². The van der Waals surface area contributed by atoms with Crippen LogP contribution in [0, 0.1) is 13.8 Å². The van der Waals surface area contributed by atoms with Crippen molar-refractivity contribution in [2.45, 2.75) is 34.2 Å². The zero-order valence-electron chi connectivity index (χ0n) is 10.4. The minimum absolute atomic E-state index is 0.271. The van der Waals surface area contributed by atoms with Crippen LogP contribution in [0.25, 0.3) is 0 Å². The summed E-state index contributed by atoms with van der Waals surface area (Å²) in [5, 5.41) is 1.67. The zero-order chi connectivity index (χ0) is 12.1. The van der Waals surface area contributed by atoms with E-state index in [9.17, 15) is 4.79 Å². The minimum atomic E-state index is -0.271. The monoisotopic (exact) mass is 221 g/mol. The predicted octanol–water partition coefficient (Wildman–Crippen LogP) is 2.60. The Hall–Kier alpha value is -1.35. The Labute approximate surface area is 97.0 Å². The molecule has 16 heavy (non-hydrogen) atoms. The number of benzene rings is 1. The van der Waals surface area contributed by atoms with E-state index in [1.54, 1.807) is 5.06 Å². The fourth-order valence-electron chi connectivity index (χ4n) is 1.56. The van der Waals surface area contributed by atoms with Gasteiger partial charge in [0.1, 0.15) is 0 Å². The average molecular weight is 221 g/mol. The van der Waals surface area contributed by atoms with Crippen molar-refractivity contribution in [1.29, 1.82) is 0 Å². The molecule has 0 aliphatic carbocycles. The highest BCUT2D eigenvalue weighted by atomic mass is 16.7. The number of rotatable bonds is 4. The molecule has 3 heteroatoms. The second kappa shape index (κ2) is 5.66. The Bertz CT molecular complexity index is 374. The lowest BCUT2D eigenvalue weighted by atomic mass is 10.0. The van der Waals surface area contributed by atoms with Crippen molar-refractivity contribution < 1.29 is 9.63 Å². The van der Waals surface area contributed by atoms with Crippen LogP contribution in [0.1, 0.15) is 30.5 Å². The SMILES string of the molecule is CCN(Cc1cccc(C)c1C)OC(C)=O. The van der Waals surface area contributed by atoms with Gasteiger partial charge in [-0.2, -0.15) is 0 Å². The van der Waals surface area contributed by atoms with Gasteiger partial charge < -0.3 is 4.84 Å². The highest BCUT2D eigenvalue weighted by Gasteiger charge is 2.09. The van der Waals surface area contributed by atoms with E-state index in [1.807, 2.05) is 13.0 Å². The highest BCUT2D eigenvalue weighted by molar-refractivity contribution is 5.65. The van der Waals surface area contributed by atoms with Crippen molar-refractivity contribution in [1.82, 2.24) is 5.06 Å². The molecule has 1 rings (SSSR count). The molecule has 0 spiro atoms. The quantitative estimate of drug-likeness (QED) is 0.732. The summed E-state index contributed by atoms with van der Waals surface area (Å²) in [4.78, 5) is 16.0. The van der Waals surface area contributed by atoms with E-state index in [-0.39, 0.29) is 5.97 Å². The summed E-state index contributed by atoms with van der Waals surface area (Å²) >= 11 is 0. The normalized spacial score (nSPS) is 10.6. The first kappa shape index (κ1) is 12.7. The van der Waals surface area contributed by atoms with E-state index in [0.717, 1.165) is 0 Å². The molecule has 0 unspecified atom stereocenters. The topological polar surface area (TPSA) is 29.5 Å². The van der Waals surface area contributed by atoms with Gasteiger partial charge in [-0.3, -0.25) is 4.79 Å². The van der Waals surface area contributed by atoms with Gasteiger partial charge in [0.15, 0.2) is 0 Å². The van der Waals surface area contributed by atoms with E-state index < -0.39 is 0 Å². The lowest BCUT2D eigenvalue weighted by Gasteiger charge is -2.20. The molecule has 0 aliphatic rings. The molecule has 0 saturated heterocycles. The van der Waals surface area contributed by atoms with E-state index in [1.165, 1.54) is 23.6 Å². The standard InChI is InChI=1S/C13H19NO2/c1-5-14(16-12(4)15)9-13-8-6-7-10(2)11(13)3/h6-8H,5,9H2,1-4H3. The molecule has 0 radical (unpaired) electrons. The second-order valence-electron chi connectivity index (χ2n) is 3.90. The smallest absolute Gasteiger partial charge is 0.322 e. The third kappa shape index (κ3) is 3.35. The number of nitrogens with zero attached hydrogens (tertiary/aromatic N) is 1. The molecular weight excluding hydrogens is 202 g/mol. The van der Waals surface area contributed by atoms with Crippen molar-refractivity contribution in [2.75, 3.05) is 6.54 Å². The molecule has 0 fully saturated rings. The van der Waals surface area contributed by atoms with Crippen LogP contribution in [0.2, 0.25) is 0 Å². The van der Waals surface area contributed by atoms with E-state index in [2.05, 4.69) is 26.0 Å². The Morgan fingerprint density at radius 1 is 1.38 bits per heavy atom. The van der Waals surface area contributed by atoms with Gasteiger partial charge in [-0.1, -0.05) is 18.2 Å². The average Bonchev–Trinajstić information content (AvgIpc) is 2.23. The maximum absolute atomic E-state index is 10.9. The molecular formula is C13H19NO2. The van der Waals surface area contributed by atoms with Crippen molar-refractivity contribution >= 4 is 5.97 Å². The van der Waals surface area contributed by atoms with Crippen LogP contribution in [0.4, 0.5) is 0 Å². The van der Waals surface area contributed by atoms with Gasteiger partial charge in [-0.05, 0) is 37.5 Å². The Balaban J connectivity index is 2.77. The zero-order valence-corrected chi connectivity index (χ0v) is 10.4. The van der Waals surface area contributed by atoms with Crippen LogP contribution < -0.4 is 0 Å². The Kier molecular flexibility index (Phi) is 4.50. The number of carbonyl (C=O) groups is 1. The number of aryl methyl sites for hydroxylation is 1. The number of hydroxylamine groups is 2. The van der Waals surface area contributed by atoms with Gasteiger partial charge in [-0.15, -0.1) is 5.06 Å². The summed E-state index contributed by atoms with van der Waals surface area (Å²) in [5.41, 5.74) is 3.72. The Morgan fingerprint density at radius 3 is 2.62 bits per heavy atom. The summed E-state index contributed by atoms with van der Waals surface area (Å²) in [7, 11) is 0. The summed E-state index contributed by atoms with van der Waals surface area (Å²) < 4.78 is 0. The fraction of sp³-hybridized carbons (Fsp3) is 0.462. The number of hydrogen-bond donors (Lipinski definition) is 0. The van der Waals surface area contributed by atoms with Crippen molar-refractivity contribution in [2.24, 2.45) is 0 Å². The lowest BCUT2D eigenvalue weighted by Crippen LogP contribution is -2.26. The van der Waals surface area contributed by atoms with Gasteiger partial charge in [-0.25, -0.2) is 0 Å². The third-order valence-electron chi connectivity index (χ3n) is 2.67. The molecule has 0 aromatic heterocycles. The molecule has 0 saturated carbocycles. The molecule has 0 heterocycles. The van der Waals surface area contributed by atoms with Gasteiger partial charge >= 0.3 is 5.97 Å². The lowest BCUT2D eigenvalue weighted by molar-refractivity contribution is -0.189. The molecule has 0 amide bonds. The molecule has 0 atom stereocenters. The van der Waals surface area contributed by atoms with Crippen molar-refractivity contribution in [3.05, 3.63) is 34.9 Å². The van der Waals surface area contributed by atoms with E-state index in [0.29, 0.717) is 13.1 Å². The first-order valence-electron chi connectivity index (χ1n) is 5.53. The van der Waals surface area contributed by atoms with Crippen LogP contribution in [0.5, 0.6) is 0 Å². The van der Waals surface area contributed by atoms with Crippen LogP contribution in [-0.4, -0.2) is 17.6 Å². The maximum atomic E-state index is 10.9. The predicted molar refractivity (Wildman–Crippen MR) is 63.8 cm³/mol. The van der Waals surface area contributed by atoms with Crippen LogP contribution >= 0.6 is 0 Å². The summed E-state index contributed by atoms with van der Waals surface area (Å²) in [5.74, 6) is -0.271. The first-order valence-corrected chi connectivity index (χ1v) is 5.53. The van der Waals surface area contributed by atoms with Crippen LogP contribution in [-0.2, 0) is 16.2 Å².